The Morgan fingerprint density at radius 1 is 1.37 bits per heavy atom. The van der Waals surface area contributed by atoms with E-state index in [4.69, 9.17) is 4.74 Å². The summed E-state index contributed by atoms with van der Waals surface area (Å²) in [6, 6.07) is 2.31. The lowest BCUT2D eigenvalue weighted by Gasteiger charge is -2.19. The van der Waals surface area contributed by atoms with E-state index in [-0.39, 0.29) is 0 Å². The number of ether oxygens (including phenoxy) is 1. The van der Waals surface area contributed by atoms with Crippen molar-refractivity contribution in [2.45, 2.75) is 57.7 Å². The maximum absolute atomic E-state index is 10.1. The fourth-order valence-corrected chi connectivity index (χ4v) is 5.42. The van der Waals surface area contributed by atoms with E-state index in [0.29, 0.717) is 24.9 Å². The van der Waals surface area contributed by atoms with Gasteiger partial charge in [-0.2, -0.15) is 0 Å². The van der Waals surface area contributed by atoms with Crippen LogP contribution in [0, 0.1) is 11.8 Å². The lowest BCUT2D eigenvalue weighted by atomic mass is 9.87. The second-order valence-corrected chi connectivity index (χ2v) is 9.96. The van der Waals surface area contributed by atoms with Gasteiger partial charge >= 0.3 is 0 Å². The first-order valence-electron chi connectivity index (χ1n) is 9.87. The molecule has 5 nitrogen and oxygen atoms in total. The molecular formula is C20H31N3O2S2. The lowest BCUT2D eigenvalue weighted by Crippen LogP contribution is -2.19. The van der Waals surface area contributed by atoms with Crippen LogP contribution in [0.2, 0.25) is 0 Å². The van der Waals surface area contributed by atoms with Crippen LogP contribution in [0.3, 0.4) is 0 Å². The Hall–Kier alpha value is -0.890. The summed E-state index contributed by atoms with van der Waals surface area (Å²) in [7, 11) is 2.01. The lowest BCUT2D eigenvalue weighted by molar-refractivity contribution is 0.0364. The summed E-state index contributed by atoms with van der Waals surface area (Å²) in [4.78, 5) is 2.73. The first-order chi connectivity index (χ1) is 13.0. The first kappa shape index (κ1) is 20.8. The zero-order chi connectivity index (χ0) is 19.4. The molecule has 2 atom stereocenters. The highest BCUT2D eigenvalue weighted by atomic mass is 32.2. The molecule has 2 aromatic heterocycles. The number of thioether (sulfide) groups is 1. The van der Waals surface area contributed by atoms with E-state index in [1.165, 1.54) is 52.8 Å². The molecule has 1 aliphatic rings. The topological polar surface area (TPSA) is 60.2 Å². The second kappa shape index (κ2) is 9.54. The van der Waals surface area contributed by atoms with Gasteiger partial charge < -0.3 is 14.4 Å². The van der Waals surface area contributed by atoms with Crippen molar-refractivity contribution in [3.63, 3.8) is 0 Å². The van der Waals surface area contributed by atoms with Crippen molar-refractivity contribution < 1.29 is 9.84 Å². The fraction of sp³-hybridized carbons (Fsp3) is 0.700. The normalized spacial score (nSPS) is 18.1. The second-order valence-electron chi connectivity index (χ2n) is 7.84. The Morgan fingerprint density at radius 3 is 2.93 bits per heavy atom. The molecule has 0 bridgehead atoms. The number of aryl methyl sites for hydroxylation is 1. The SMILES string of the molecule is CCC1CCc2sc(-c3nnc(SCC(O)COCC(C)C)n3C)cc2C1. The third kappa shape index (κ3) is 5.34. The maximum atomic E-state index is 10.1. The van der Waals surface area contributed by atoms with Crippen LogP contribution >= 0.6 is 23.1 Å². The molecule has 0 saturated heterocycles. The van der Waals surface area contributed by atoms with Crippen molar-refractivity contribution in [1.29, 1.82) is 0 Å². The molecule has 7 heteroatoms. The predicted molar refractivity (Wildman–Crippen MR) is 113 cm³/mol. The molecule has 150 valence electrons. The number of nitrogens with zero attached hydrogens (tertiary/aromatic N) is 3. The minimum absolute atomic E-state index is 0.367. The number of thiophene rings is 1. The van der Waals surface area contributed by atoms with E-state index in [0.717, 1.165) is 16.9 Å². The van der Waals surface area contributed by atoms with Crippen LogP contribution in [0.15, 0.2) is 11.2 Å². The number of aliphatic hydroxyl groups excluding tert-OH is 1. The monoisotopic (exact) mass is 409 g/mol. The van der Waals surface area contributed by atoms with Crippen LogP contribution in [-0.4, -0.2) is 44.9 Å². The van der Waals surface area contributed by atoms with Gasteiger partial charge in [0.25, 0.3) is 0 Å². The summed E-state index contributed by atoms with van der Waals surface area (Å²) >= 11 is 3.40. The molecule has 1 N–H and O–H groups in total. The molecule has 0 aliphatic heterocycles. The average Bonchev–Trinajstić information content (AvgIpc) is 3.21. The van der Waals surface area contributed by atoms with E-state index < -0.39 is 6.10 Å². The molecule has 2 unspecified atom stereocenters. The third-order valence-electron chi connectivity index (χ3n) is 4.98. The van der Waals surface area contributed by atoms with Crippen LogP contribution in [0.25, 0.3) is 10.7 Å². The van der Waals surface area contributed by atoms with Gasteiger partial charge in [0.2, 0.25) is 0 Å². The number of rotatable bonds is 9. The highest BCUT2D eigenvalue weighted by Gasteiger charge is 2.22. The van der Waals surface area contributed by atoms with Crippen LogP contribution < -0.4 is 0 Å². The molecule has 0 amide bonds. The van der Waals surface area contributed by atoms with E-state index >= 15 is 0 Å². The van der Waals surface area contributed by atoms with E-state index in [9.17, 15) is 5.11 Å². The number of aromatic nitrogens is 3. The van der Waals surface area contributed by atoms with Gasteiger partial charge in [0.1, 0.15) is 0 Å². The van der Waals surface area contributed by atoms with Gasteiger partial charge in [-0.25, -0.2) is 0 Å². The summed E-state index contributed by atoms with van der Waals surface area (Å²) < 4.78 is 7.55. The van der Waals surface area contributed by atoms with Crippen molar-refractivity contribution in [3.8, 4) is 10.7 Å². The van der Waals surface area contributed by atoms with Gasteiger partial charge in [0, 0.05) is 24.3 Å². The van der Waals surface area contributed by atoms with Gasteiger partial charge in [0.05, 0.1) is 17.6 Å². The quantitative estimate of drug-likeness (QED) is 0.630. The van der Waals surface area contributed by atoms with Crippen molar-refractivity contribution in [1.82, 2.24) is 14.8 Å². The molecular weight excluding hydrogens is 378 g/mol. The van der Waals surface area contributed by atoms with Crippen LogP contribution in [0.1, 0.15) is 44.1 Å². The van der Waals surface area contributed by atoms with Crippen LogP contribution in [0.5, 0.6) is 0 Å². The van der Waals surface area contributed by atoms with Gasteiger partial charge in [-0.3, -0.25) is 0 Å². The molecule has 0 fully saturated rings. The summed E-state index contributed by atoms with van der Waals surface area (Å²) in [5.41, 5.74) is 1.50. The van der Waals surface area contributed by atoms with Gasteiger partial charge in [-0.1, -0.05) is 39.0 Å². The molecule has 27 heavy (non-hydrogen) atoms. The molecule has 2 aromatic rings. The molecule has 0 aromatic carbocycles. The maximum Gasteiger partial charge on any atom is 0.191 e. The highest BCUT2D eigenvalue weighted by Crippen LogP contribution is 2.38. The van der Waals surface area contributed by atoms with Crippen molar-refractivity contribution >= 4 is 23.1 Å². The molecule has 2 heterocycles. The van der Waals surface area contributed by atoms with Crippen molar-refractivity contribution in [2.24, 2.45) is 18.9 Å². The number of hydrogen-bond acceptors (Lipinski definition) is 6. The van der Waals surface area contributed by atoms with Gasteiger partial charge in [-0.05, 0) is 42.7 Å². The smallest absolute Gasteiger partial charge is 0.191 e. The van der Waals surface area contributed by atoms with Crippen molar-refractivity contribution in [2.75, 3.05) is 19.0 Å². The molecule has 0 radical (unpaired) electrons. The largest absolute Gasteiger partial charge is 0.390 e. The number of hydrogen-bond donors (Lipinski definition) is 1. The summed E-state index contributed by atoms with van der Waals surface area (Å²) in [5.74, 6) is 2.79. The van der Waals surface area contributed by atoms with E-state index in [1.54, 1.807) is 0 Å². The molecule has 0 spiro atoms. The van der Waals surface area contributed by atoms with Crippen LogP contribution in [0.4, 0.5) is 0 Å². The summed E-state index contributed by atoms with van der Waals surface area (Å²) in [5, 5.41) is 19.7. The zero-order valence-corrected chi connectivity index (χ0v) is 18.4. The highest BCUT2D eigenvalue weighted by molar-refractivity contribution is 7.99. The number of fused-ring (bicyclic) bond motifs is 1. The van der Waals surface area contributed by atoms with E-state index in [1.807, 2.05) is 23.0 Å². The molecule has 1 aliphatic carbocycles. The Kier molecular flexibility index (Phi) is 7.36. The molecule has 0 saturated carbocycles. The Balaban J connectivity index is 1.60. The summed E-state index contributed by atoms with van der Waals surface area (Å²) in [6.45, 7) is 7.54. The standard InChI is InChI=1S/C20H31N3O2S2/c1-5-14-6-7-17-15(8-14)9-18(27-17)19-21-22-20(23(19)4)26-12-16(24)11-25-10-13(2)3/h9,13-14,16,24H,5-8,10-12H2,1-4H3. The Bertz CT molecular complexity index is 742. The Labute approximate surface area is 170 Å². The Morgan fingerprint density at radius 2 is 2.19 bits per heavy atom. The first-order valence-corrected chi connectivity index (χ1v) is 11.7. The van der Waals surface area contributed by atoms with Gasteiger partial charge in [0.15, 0.2) is 11.0 Å². The summed E-state index contributed by atoms with van der Waals surface area (Å²) in [6.07, 6.45) is 4.47. The van der Waals surface area contributed by atoms with Crippen molar-refractivity contribution in [3.05, 3.63) is 16.5 Å². The molecule has 3 rings (SSSR count). The number of aliphatic hydroxyl groups is 1. The third-order valence-corrected chi connectivity index (χ3v) is 7.38. The predicted octanol–water partition coefficient (Wildman–Crippen LogP) is 4.18. The average molecular weight is 410 g/mol. The minimum atomic E-state index is -0.492. The fourth-order valence-electron chi connectivity index (χ4n) is 3.37. The van der Waals surface area contributed by atoms with Gasteiger partial charge in [-0.15, -0.1) is 21.5 Å². The minimum Gasteiger partial charge on any atom is -0.390 e. The zero-order valence-electron chi connectivity index (χ0n) is 16.8. The van der Waals surface area contributed by atoms with Crippen LogP contribution in [-0.2, 0) is 24.6 Å². The van der Waals surface area contributed by atoms with E-state index in [2.05, 4.69) is 37.0 Å².